The number of aromatic nitrogens is 1. The number of hydrogen-bond acceptors (Lipinski definition) is 2. The van der Waals surface area contributed by atoms with Gasteiger partial charge in [0.05, 0.1) is 11.4 Å². The zero-order valence-corrected chi connectivity index (χ0v) is 10.7. The van der Waals surface area contributed by atoms with Crippen molar-refractivity contribution in [3.05, 3.63) is 53.0 Å². The Hall–Kier alpha value is -2.03. The Morgan fingerprint density at radius 3 is 2.63 bits per heavy atom. The fourth-order valence-corrected chi connectivity index (χ4v) is 2.61. The summed E-state index contributed by atoms with van der Waals surface area (Å²) in [6, 6.07) is 8.20. The Balaban J connectivity index is 2.12. The van der Waals surface area contributed by atoms with Crippen molar-refractivity contribution in [3.8, 4) is 11.3 Å². The van der Waals surface area contributed by atoms with Crippen LogP contribution in [0.15, 0.2) is 30.3 Å². The number of hydrogen-bond donors (Lipinski definition) is 0. The normalized spacial score (nSPS) is 14.3. The highest BCUT2D eigenvalue weighted by Crippen LogP contribution is 2.27. The first-order chi connectivity index (χ1) is 9.15. The molecule has 0 spiro atoms. The van der Waals surface area contributed by atoms with Crippen LogP contribution in [0.3, 0.4) is 0 Å². The summed E-state index contributed by atoms with van der Waals surface area (Å²) >= 11 is 0. The van der Waals surface area contributed by atoms with Crippen molar-refractivity contribution in [2.45, 2.75) is 26.2 Å². The van der Waals surface area contributed by atoms with Crippen molar-refractivity contribution < 1.29 is 9.18 Å². The van der Waals surface area contributed by atoms with E-state index in [4.69, 9.17) is 0 Å². The van der Waals surface area contributed by atoms with Gasteiger partial charge in [-0.1, -0.05) is 0 Å². The van der Waals surface area contributed by atoms with Gasteiger partial charge in [-0.15, -0.1) is 0 Å². The van der Waals surface area contributed by atoms with E-state index in [-0.39, 0.29) is 11.6 Å². The summed E-state index contributed by atoms with van der Waals surface area (Å²) in [6.45, 7) is 1.94. The van der Waals surface area contributed by atoms with E-state index >= 15 is 0 Å². The lowest BCUT2D eigenvalue weighted by Crippen LogP contribution is -2.14. The molecule has 0 fully saturated rings. The van der Waals surface area contributed by atoms with Crippen LogP contribution in [0.1, 0.15) is 34.5 Å². The smallest absolute Gasteiger partial charge is 0.164 e. The maximum atomic E-state index is 12.9. The predicted molar refractivity (Wildman–Crippen MR) is 71.6 cm³/mol. The monoisotopic (exact) mass is 255 g/mol. The van der Waals surface area contributed by atoms with Crippen LogP contribution in [0.4, 0.5) is 4.39 Å². The molecular weight excluding hydrogens is 241 g/mol. The van der Waals surface area contributed by atoms with Crippen LogP contribution < -0.4 is 0 Å². The van der Waals surface area contributed by atoms with E-state index < -0.39 is 0 Å². The molecule has 3 rings (SSSR count). The molecule has 1 aromatic carbocycles. The van der Waals surface area contributed by atoms with E-state index in [1.54, 1.807) is 12.1 Å². The van der Waals surface area contributed by atoms with E-state index in [1.807, 2.05) is 13.0 Å². The first-order valence-electron chi connectivity index (χ1n) is 6.45. The van der Waals surface area contributed by atoms with Crippen LogP contribution in [0.5, 0.6) is 0 Å². The average Bonchev–Trinajstić information content (AvgIpc) is 2.39. The summed E-state index contributed by atoms with van der Waals surface area (Å²) in [7, 11) is 0. The maximum absolute atomic E-state index is 12.9. The zero-order chi connectivity index (χ0) is 13.4. The number of rotatable bonds is 1. The van der Waals surface area contributed by atoms with Gasteiger partial charge < -0.3 is 0 Å². The van der Waals surface area contributed by atoms with Crippen molar-refractivity contribution >= 4 is 5.78 Å². The predicted octanol–water partition coefficient (Wildman–Crippen LogP) is 3.72. The van der Waals surface area contributed by atoms with Gasteiger partial charge >= 0.3 is 0 Å². The van der Waals surface area contributed by atoms with Crippen molar-refractivity contribution in [2.24, 2.45) is 0 Å². The molecule has 0 aliphatic heterocycles. The van der Waals surface area contributed by atoms with E-state index in [0.717, 1.165) is 40.9 Å². The number of Topliss-reactive ketones (excluding diaryl/α,β-unsaturated/α-hetero) is 1. The minimum absolute atomic E-state index is 0.192. The molecule has 0 atom stereocenters. The SMILES string of the molecule is Cc1cc(-c2ccc(F)cc2)nc2c1C(=O)CCC2. The van der Waals surface area contributed by atoms with Gasteiger partial charge in [0.1, 0.15) is 5.82 Å². The molecule has 1 aromatic heterocycles. The third kappa shape index (κ3) is 2.16. The quantitative estimate of drug-likeness (QED) is 0.777. The Morgan fingerprint density at radius 2 is 1.89 bits per heavy atom. The van der Waals surface area contributed by atoms with E-state index in [0.29, 0.717) is 6.42 Å². The molecule has 96 valence electrons. The van der Waals surface area contributed by atoms with Crippen LogP contribution >= 0.6 is 0 Å². The lowest BCUT2D eigenvalue weighted by molar-refractivity contribution is 0.0971. The molecule has 2 aromatic rings. The Kier molecular flexibility index (Phi) is 2.90. The number of pyridine rings is 1. The maximum Gasteiger partial charge on any atom is 0.164 e. The van der Waals surface area contributed by atoms with Crippen LogP contribution in [0.25, 0.3) is 11.3 Å². The van der Waals surface area contributed by atoms with Crippen molar-refractivity contribution in [2.75, 3.05) is 0 Å². The molecule has 19 heavy (non-hydrogen) atoms. The van der Waals surface area contributed by atoms with E-state index in [9.17, 15) is 9.18 Å². The second-order valence-electron chi connectivity index (χ2n) is 4.93. The van der Waals surface area contributed by atoms with Crippen LogP contribution in [0, 0.1) is 12.7 Å². The highest BCUT2D eigenvalue weighted by Gasteiger charge is 2.21. The Bertz CT molecular complexity index is 647. The van der Waals surface area contributed by atoms with Crippen LogP contribution in [0.2, 0.25) is 0 Å². The largest absolute Gasteiger partial charge is 0.294 e. The van der Waals surface area contributed by atoms with Crippen molar-refractivity contribution in [1.82, 2.24) is 4.98 Å². The molecule has 0 saturated heterocycles. The second kappa shape index (κ2) is 4.57. The first kappa shape index (κ1) is 12.0. The van der Waals surface area contributed by atoms with Gasteiger partial charge in [0.2, 0.25) is 0 Å². The second-order valence-corrected chi connectivity index (χ2v) is 4.93. The zero-order valence-electron chi connectivity index (χ0n) is 10.7. The minimum Gasteiger partial charge on any atom is -0.294 e. The van der Waals surface area contributed by atoms with Gasteiger partial charge in [-0.2, -0.15) is 0 Å². The van der Waals surface area contributed by atoms with Crippen molar-refractivity contribution in [1.29, 1.82) is 0 Å². The number of nitrogens with zero attached hydrogens (tertiary/aromatic N) is 1. The summed E-state index contributed by atoms with van der Waals surface area (Å²) in [5.74, 6) is -0.0643. The molecule has 0 N–H and O–H groups in total. The average molecular weight is 255 g/mol. The summed E-state index contributed by atoms with van der Waals surface area (Å²) in [5, 5.41) is 0. The first-order valence-corrected chi connectivity index (χ1v) is 6.45. The third-order valence-electron chi connectivity index (χ3n) is 3.53. The highest BCUT2D eigenvalue weighted by molar-refractivity contribution is 5.99. The van der Waals surface area contributed by atoms with E-state index in [2.05, 4.69) is 4.98 Å². The van der Waals surface area contributed by atoms with Gasteiger partial charge in [-0.05, 0) is 55.7 Å². The Morgan fingerprint density at radius 1 is 1.16 bits per heavy atom. The molecule has 1 aliphatic rings. The summed E-state index contributed by atoms with van der Waals surface area (Å²) in [4.78, 5) is 16.5. The minimum atomic E-state index is -0.256. The van der Waals surface area contributed by atoms with E-state index in [1.165, 1.54) is 12.1 Å². The summed E-state index contributed by atoms with van der Waals surface area (Å²) in [5.41, 5.74) is 4.33. The number of aryl methyl sites for hydroxylation is 2. The molecule has 2 nitrogen and oxygen atoms in total. The van der Waals surface area contributed by atoms with Gasteiger partial charge in [0.25, 0.3) is 0 Å². The molecule has 0 unspecified atom stereocenters. The number of ketones is 1. The molecule has 3 heteroatoms. The number of halogens is 1. The summed E-state index contributed by atoms with van der Waals surface area (Å²) < 4.78 is 12.9. The van der Waals surface area contributed by atoms with Gasteiger partial charge in [0.15, 0.2) is 5.78 Å². The molecule has 0 bridgehead atoms. The van der Waals surface area contributed by atoms with Gasteiger partial charge in [0, 0.05) is 17.5 Å². The van der Waals surface area contributed by atoms with Crippen molar-refractivity contribution in [3.63, 3.8) is 0 Å². The fraction of sp³-hybridized carbons (Fsp3) is 0.250. The third-order valence-corrected chi connectivity index (χ3v) is 3.53. The topological polar surface area (TPSA) is 30.0 Å². The lowest BCUT2D eigenvalue weighted by atomic mass is 9.90. The Labute approximate surface area is 111 Å². The number of fused-ring (bicyclic) bond motifs is 1. The number of carbonyl (C=O) groups excluding carboxylic acids is 1. The molecule has 0 saturated carbocycles. The van der Waals surface area contributed by atoms with Crippen LogP contribution in [-0.2, 0) is 6.42 Å². The highest BCUT2D eigenvalue weighted by atomic mass is 19.1. The number of carbonyl (C=O) groups is 1. The molecule has 0 amide bonds. The molecule has 1 heterocycles. The molecule has 1 aliphatic carbocycles. The van der Waals surface area contributed by atoms with Crippen LogP contribution in [-0.4, -0.2) is 10.8 Å². The molecular formula is C16H14FNO. The number of benzene rings is 1. The molecule has 0 radical (unpaired) electrons. The lowest BCUT2D eigenvalue weighted by Gasteiger charge is -2.17. The standard InChI is InChI=1S/C16H14FNO/c1-10-9-14(11-5-7-12(17)8-6-11)18-13-3-2-4-15(19)16(10)13/h5-9H,2-4H2,1H3. The van der Waals surface area contributed by atoms with Gasteiger partial charge in [-0.3, -0.25) is 9.78 Å². The van der Waals surface area contributed by atoms with Gasteiger partial charge in [-0.25, -0.2) is 4.39 Å². The summed E-state index contributed by atoms with van der Waals surface area (Å²) in [6.07, 6.45) is 2.33. The fourth-order valence-electron chi connectivity index (χ4n) is 2.61.